The van der Waals surface area contributed by atoms with Crippen LogP contribution in [0.5, 0.6) is 0 Å². The number of rotatable bonds is 8. The molecule has 0 atom stereocenters. The van der Waals surface area contributed by atoms with Crippen molar-refractivity contribution in [3.8, 4) is 0 Å². The van der Waals surface area contributed by atoms with Crippen LogP contribution < -0.4 is 5.73 Å². The van der Waals surface area contributed by atoms with Crippen molar-refractivity contribution in [2.24, 2.45) is 11.7 Å². The Morgan fingerprint density at radius 1 is 1.18 bits per heavy atom. The summed E-state index contributed by atoms with van der Waals surface area (Å²) in [6, 6.07) is 0. The van der Waals surface area contributed by atoms with E-state index >= 15 is 0 Å². The minimum atomic E-state index is -0.0549. The van der Waals surface area contributed by atoms with Gasteiger partial charge in [0, 0.05) is 13.2 Å². The van der Waals surface area contributed by atoms with Gasteiger partial charge in [0.1, 0.15) is 0 Å². The molecule has 0 saturated heterocycles. The summed E-state index contributed by atoms with van der Waals surface area (Å²) in [5.74, 6) is 0.832. The van der Waals surface area contributed by atoms with Gasteiger partial charge in [-0.2, -0.15) is 0 Å². The number of nitrogens with two attached hydrogens (primary N) is 1. The van der Waals surface area contributed by atoms with Crippen LogP contribution in [0.3, 0.4) is 0 Å². The smallest absolute Gasteiger partial charge is 0.0805 e. The van der Waals surface area contributed by atoms with Crippen molar-refractivity contribution in [2.75, 3.05) is 26.4 Å². The third-order valence-corrected chi connectivity index (χ3v) is 3.84. The average molecular weight is 243 g/mol. The fraction of sp³-hybridized carbons (Fsp3) is 1.00. The average Bonchev–Trinajstić information content (AvgIpc) is 2.36. The van der Waals surface area contributed by atoms with Gasteiger partial charge >= 0.3 is 0 Å². The molecule has 2 N–H and O–H groups in total. The largest absolute Gasteiger partial charge is 0.379 e. The summed E-state index contributed by atoms with van der Waals surface area (Å²) in [4.78, 5) is 0. The van der Waals surface area contributed by atoms with Crippen molar-refractivity contribution in [3.05, 3.63) is 0 Å². The second-order valence-corrected chi connectivity index (χ2v) is 5.38. The molecule has 1 aliphatic carbocycles. The zero-order valence-corrected chi connectivity index (χ0v) is 11.5. The summed E-state index contributed by atoms with van der Waals surface area (Å²) in [6.07, 6.45) is 7.03. The van der Waals surface area contributed by atoms with Crippen LogP contribution in [0.25, 0.3) is 0 Å². The Kier molecular flexibility index (Phi) is 7.09. The Hall–Kier alpha value is -0.120. The van der Waals surface area contributed by atoms with Crippen molar-refractivity contribution in [2.45, 2.75) is 58.0 Å². The Morgan fingerprint density at radius 3 is 2.47 bits per heavy atom. The molecule has 102 valence electrons. The lowest BCUT2D eigenvalue weighted by Gasteiger charge is -2.38. The van der Waals surface area contributed by atoms with Gasteiger partial charge < -0.3 is 15.2 Å². The zero-order chi connectivity index (χ0) is 12.6. The normalized spacial score (nSPS) is 29.5. The molecule has 0 aromatic heterocycles. The number of unbranched alkanes of at least 4 members (excludes halogenated alkanes) is 1. The summed E-state index contributed by atoms with van der Waals surface area (Å²) >= 11 is 0. The molecule has 1 aliphatic rings. The zero-order valence-electron chi connectivity index (χ0n) is 11.5. The number of hydrogen-bond donors (Lipinski definition) is 1. The van der Waals surface area contributed by atoms with Crippen LogP contribution in [0, 0.1) is 5.92 Å². The molecule has 17 heavy (non-hydrogen) atoms. The van der Waals surface area contributed by atoms with Crippen LogP contribution in [0.1, 0.15) is 52.4 Å². The number of hydrogen-bond acceptors (Lipinski definition) is 3. The van der Waals surface area contributed by atoms with Gasteiger partial charge in [0.15, 0.2) is 0 Å². The highest BCUT2D eigenvalue weighted by atomic mass is 16.5. The molecule has 1 saturated carbocycles. The third-order valence-electron chi connectivity index (χ3n) is 3.84. The lowest BCUT2D eigenvalue weighted by atomic mass is 9.79. The molecule has 0 spiro atoms. The fourth-order valence-corrected chi connectivity index (χ4v) is 2.36. The highest BCUT2D eigenvalue weighted by Crippen LogP contribution is 2.33. The van der Waals surface area contributed by atoms with Crippen molar-refractivity contribution >= 4 is 0 Å². The molecule has 0 unspecified atom stereocenters. The van der Waals surface area contributed by atoms with E-state index < -0.39 is 0 Å². The second-order valence-electron chi connectivity index (χ2n) is 5.38. The first-order valence-electron chi connectivity index (χ1n) is 7.14. The monoisotopic (exact) mass is 243 g/mol. The first kappa shape index (κ1) is 14.9. The van der Waals surface area contributed by atoms with Gasteiger partial charge in [-0.25, -0.2) is 0 Å². The van der Waals surface area contributed by atoms with Gasteiger partial charge in [-0.3, -0.25) is 0 Å². The first-order chi connectivity index (χ1) is 8.22. The molecule has 0 heterocycles. The van der Waals surface area contributed by atoms with Gasteiger partial charge in [0.2, 0.25) is 0 Å². The highest BCUT2D eigenvalue weighted by molar-refractivity contribution is 4.87. The summed E-state index contributed by atoms with van der Waals surface area (Å²) in [6.45, 7) is 7.38. The quantitative estimate of drug-likeness (QED) is 0.667. The molecule has 1 fully saturated rings. The van der Waals surface area contributed by atoms with Crippen molar-refractivity contribution in [1.29, 1.82) is 0 Å². The van der Waals surface area contributed by atoms with Crippen LogP contribution in [0.15, 0.2) is 0 Å². The van der Waals surface area contributed by atoms with Gasteiger partial charge in [-0.1, -0.05) is 20.3 Å². The van der Waals surface area contributed by atoms with Crippen LogP contribution in [0.2, 0.25) is 0 Å². The predicted molar refractivity (Wildman–Crippen MR) is 71.1 cm³/mol. The maximum absolute atomic E-state index is 6.00. The van der Waals surface area contributed by atoms with E-state index in [1.165, 1.54) is 19.3 Å². The predicted octanol–water partition coefficient (Wildman–Crippen LogP) is 2.73. The van der Waals surface area contributed by atoms with Crippen molar-refractivity contribution in [3.63, 3.8) is 0 Å². The summed E-state index contributed by atoms with van der Waals surface area (Å²) in [5.41, 5.74) is 5.83. The van der Waals surface area contributed by atoms with Crippen LogP contribution in [0.4, 0.5) is 0 Å². The van der Waals surface area contributed by atoms with Crippen molar-refractivity contribution in [1.82, 2.24) is 0 Å². The highest BCUT2D eigenvalue weighted by Gasteiger charge is 2.33. The summed E-state index contributed by atoms with van der Waals surface area (Å²) < 4.78 is 11.5. The van der Waals surface area contributed by atoms with E-state index in [0.29, 0.717) is 19.8 Å². The Labute approximate surface area is 106 Å². The molecule has 1 rings (SSSR count). The maximum atomic E-state index is 6.00. The van der Waals surface area contributed by atoms with E-state index in [0.717, 1.165) is 31.8 Å². The third kappa shape index (κ3) is 5.36. The molecule has 0 aromatic rings. The van der Waals surface area contributed by atoms with Gasteiger partial charge in [0.25, 0.3) is 0 Å². The van der Waals surface area contributed by atoms with Gasteiger partial charge in [-0.05, 0) is 38.0 Å². The van der Waals surface area contributed by atoms with E-state index in [1.807, 2.05) is 0 Å². The summed E-state index contributed by atoms with van der Waals surface area (Å²) in [7, 11) is 0. The van der Waals surface area contributed by atoms with Crippen LogP contribution in [-0.2, 0) is 9.47 Å². The lowest BCUT2D eigenvalue weighted by Crippen LogP contribution is -2.44. The molecular formula is C14H29NO2. The van der Waals surface area contributed by atoms with E-state index in [4.69, 9.17) is 15.2 Å². The molecule has 0 aromatic carbocycles. The maximum Gasteiger partial charge on any atom is 0.0805 e. The fourth-order valence-electron chi connectivity index (χ4n) is 2.36. The molecule has 0 radical (unpaired) electrons. The standard InChI is InChI=1S/C14H29NO2/c1-3-4-9-16-10-11-17-14(12-15)7-5-13(2)6-8-14/h13H,3-12,15H2,1-2H3. The van der Waals surface area contributed by atoms with Crippen LogP contribution in [-0.4, -0.2) is 32.0 Å². The first-order valence-corrected chi connectivity index (χ1v) is 7.14. The minimum Gasteiger partial charge on any atom is -0.379 e. The Morgan fingerprint density at radius 2 is 1.88 bits per heavy atom. The molecule has 0 aliphatic heterocycles. The van der Waals surface area contributed by atoms with Gasteiger partial charge in [-0.15, -0.1) is 0 Å². The van der Waals surface area contributed by atoms with Crippen molar-refractivity contribution < 1.29 is 9.47 Å². The SMILES string of the molecule is CCCCOCCOC1(CN)CCC(C)CC1. The summed E-state index contributed by atoms with van der Waals surface area (Å²) in [5, 5.41) is 0. The molecule has 0 bridgehead atoms. The second kappa shape index (κ2) is 8.06. The van der Waals surface area contributed by atoms with E-state index in [1.54, 1.807) is 0 Å². The minimum absolute atomic E-state index is 0.0549. The van der Waals surface area contributed by atoms with E-state index in [2.05, 4.69) is 13.8 Å². The molecule has 3 nitrogen and oxygen atoms in total. The molecular weight excluding hydrogens is 214 g/mol. The topological polar surface area (TPSA) is 44.5 Å². The molecule has 3 heteroatoms. The lowest BCUT2D eigenvalue weighted by molar-refractivity contribution is -0.0874. The Balaban J connectivity index is 2.14. The van der Waals surface area contributed by atoms with Gasteiger partial charge in [0.05, 0.1) is 18.8 Å². The van der Waals surface area contributed by atoms with Crippen LogP contribution >= 0.6 is 0 Å². The van der Waals surface area contributed by atoms with E-state index in [9.17, 15) is 0 Å². The van der Waals surface area contributed by atoms with E-state index in [-0.39, 0.29) is 5.60 Å². The number of ether oxygens (including phenoxy) is 2. The molecule has 0 amide bonds. The Bertz CT molecular complexity index is 189.